The highest BCUT2D eigenvalue weighted by molar-refractivity contribution is 9.10. The molecule has 1 aliphatic rings. The summed E-state index contributed by atoms with van der Waals surface area (Å²) in [6, 6.07) is 26.3. The molecule has 3 aromatic carbocycles. The van der Waals surface area contributed by atoms with Crippen LogP contribution in [-0.4, -0.2) is 27.9 Å². The lowest BCUT2D eigenvalue weighted by Crippen LogP contribution is -2.42. The Bertz CT molecular complexity index is 1330. The Kier molecular flexibility index (Phi) is 5.94. The van der Waals surface area contributed by atoms with Gasteiger partial charge in [0, 0.05) is 40.2 Å². The maximum atomic E-state index is 13.5. The number of rotatable bonds is 7. The number of aromatic nitrogens is 1. The van der Waals surface area contributed by atoms with E-state index in [0.717, 1.165) is 15.7 Å². The predicted octanol–water partition coefficient (Wildman–Crippen LogP) is 5.29. The third-order valence-electron chi connectivity index (χ3n) is 6.27. The van der Waals surface area contributed by atoms with Gasteiger partial charge in [-0.2, -0.15) is 0 Å². The van der Waals surface area contributed by atoms with E-state index < -0.39 is 11.5 Å². The molecule has 0 spiro atoms. The van der Waals surface area contributed by atoms with Crippen LogP contribution in [0.4, 0.5) is 5.69 Å². The molecule has 5 rings (SSSR count). The van der Waals surface area contributed by atoms with Gasteiger partial charge in [-0.15, -0.1) is 0 Å². The Hall–Kier alpha value is -3.48. The molecular formula is C28H23BrN2O3. The Morgan fingerprint density at radius 3 is 2.32 bits per heavy atom. The van der Waals surface area contributed by atoms with Gasteiger partial charge in [-0.25, -0.2) is 0 Å². The summed E-state index contributed by atoms with van der Waals surface area (Å²) in [7, 11) is 0. The molecule has 0 radical (unpaired) electrons. The van der Waals surface area contributed by atoms with Gasteiger partial charge in [-0.05, 0) is 66.6 Å². The molecule has 1 aliphatic heterocycles. The molecular weight excluding hydrogens is 492 g/mol. The molecule has 0 bridgehead atoms. The van der Waals surface area contributed by atoms with E-state index in [-0.39, 0.29) is 12.2 Å². The summed E-state index contributed by atoms with van der Waals surface area (Å²) >= 11 is 3.44. The van der Waals surface area contributed by atoms with Gasteiger partial charge in [0.2, 0.25) is 0 Å². The normalized spacial score (nSPS) is 17.1. The Balaban J connectivity index is 1.40. The van der Waals surface area contributed by atoms with Crippen molar-refractivity contribution >= 4 is 33.3 Å². The molecule has 170 valence electrons. The smallest absolute Gasteiger partial charge is 0.264 e. The number of carbonyl (C=O) groups is 2. The third-order valence-corrected chi connectivity index (χ3v) is 6.76. The predicted molar refractivity (Wildman–Crippen MR) is 135 cm³/mol. The maximum Gasteiger partial charge on any atom is 0.264 e. The number of ketones is 1. The van der Waals surface area contributed by atoms with Crippen molar-refractivity contribution in [3.8, 4) is 5.69 Å². The van der Waals surface area contributed by atoms with Crippen LogP contribution in [0.15, 0.2) is 102 Å². The number of nitrogens with zero attached hydrogens (tertiary/aromatic N) is 2. The zero-order valence-corrected chi connectivity index (χ0v) is 20.0. The number of carbonyl (C=O) groups excluding carboxylic acids is 2. The van der Waals surface area contributed by atoms with Crippen LogP contribution in [0.2, 0.25) is 0 Å². The molecule has 0 aliphatic carbocycles. The van der Waals surface area contributed by atoms with Crippen molar-refractivity contribution in [2.75, 3.05) is 11.4 Å². The van der Waals surface area contributed by atoms with Gasteiger partial charge < -0.3 is 14.6 Å². The average Bonchev–Trinajstić information content (AvgIpc) is 3.46. The van der Waals surface area contributed by atoms with E-state index in [4.69, 9.17) is 0 Å². The third kappa shape index (κ3) is 4.11. The summed E-state index contributed by atoms with van der Waals surface area (Å²) in [5, 5.41) is 11.6. The standard InChI is InChI=1S/C28H23BrN2O3/c29-22-10-13-25-24(18-22)28(34,27(33)31(25)17-14-20-6-2-1-3-7-20)19-26(32)21-8-11-23(12-9-21)30-15-4-5-16-30/h1-13,15-16,18,34H,14,17,19H2/t28-/m0/s1. The van der Waals surface area contributed by atoms with Crippen molar-refractivity contribution in [3.63, 3.8) is 0 Å². The number of hydrogen-bond acceptors (Lipinski definition) is 3. The van der Waals surface area contributed by atoms with E-state index in [1.54, 1.807) is 23.1 Å². The van der Waals surface area contributed by atoms with Crippen LogP contribution in [0.1, 0.15) is 27.9 Å². The number of aliphatic hydroxyl groups is 1. The largest absolute Gasteiger partial charge is 0.375 e. The number of Topliss-reactive ketones (excluding diaryl/α,β-unsaturated/α-hetero) is 1. The van der Waals surface area contributed by atoms with Crippen molar-refractivity contribution in [2.24, 2.45) is 0 Å². The second-order valence-corrected chi connectivity index (χ2v) is 9.37. The zero-order chi connectivity index (χ0) is 23.7. The highest BCUT2D eigenvalue weighted by Crippen LogP contribution is 2.44. The molecule has 0 saturated carbocycles. The second-order valence-electron chi connectivity index (χ2n) is 8.45. The molecule has 4 aromatic rings. The monoisotopic (exact) mass is 514 g/mol. The molecule has 1 atom stereocenters. The summed E-state index contributed by atoms with van der Waals surface area (Å²) in [5.41, 5.74) is 1.67. The van der Waals surface area contributed by atoms with Crippen molar-refractivity contribution in [2.45, 2.75) is 18.4 Å². The lowest BCUT2D eigenvalue weighted by molar-refractivity contribution is -0.135. The van der Waals surface area contributed by atoms with E-state index >= 15 is 0 Å². The van der Waals surface area contributed by atoms with Crippen LogP contribution in [0, 0.1) is 0 Å². The fourth-order valence-corrected chi connectivity index (χ4v) is 4.82. The van der Waals surface area contributed by atoms with Crippen LogP contribution >= 0.6 is 15.9 Å². The molecule has 2 heterocycles. The topological polar surface area (TPSA) is 62.5 Å². The van der Waals surface area contributed by atoms with E-state index in [2.05, 4.69) is 15.9 Å². The molecule has 1 aromatic heterocycles. The first-order valence-corrected chi connectivity index (χ1v) is 11.9. The van der Waals surface area contributed by atoms with E-state index in [0.29, 0.717) is 29.8 Å². The quantitative estimate of drug-likeness (QED) is 0.341. The van der Waals surface area contributed by atoms with Crippen molar-refractivity contribution in [3.05, 3.63) is 118 Å². The summed E-state index contributed by atoms with van der Waals surface area (Å²) in [4.78, 5) is 28.3. The number of halogens is 1. The highest BCUT2D eigenvalue weighted by atomic mass is 79.9. The zero-order valence-electron chi connectivity index (χ0n) is 18.4. The fraction of sp³-hybridized carbons (Fsp3) is 0.143. The van der Waals surface area contributed by atoms with Gasteiger partial charge in [0.1, 0.15) is 0 Å². The fourth-order valence-electron chi connectivity index (χ4n) is 4.46. The summed E-state index contributed by atoms with van der Waals surface area (Å²) in [6.07, 6.45) is 4.18. The van der Waals surface area contributed by atoms with Gasteiger partial charge in [0.25, 0.3) is 5.91 Å². The van der Waals surface area contributed by atoms with Crippen LogP contribution in [-0.2, 0) is 16.8 Å². The molecule has 1 N–H and O–H groups in total. The second kappa shape index (κ2) is 9.05. The lowest BCUT2D eigenvalue weighted by atomic mass is 9.88. The Morgan fingerprint density at radius 1 is 0.912 bits per heavy atom. The number of amides is 1. The van der Waals surface area contributed by atoms with Crippen LogP contribution in [0.5, 0.6) is 0 Å². The summed E-state index contributed by atoms with van der Waals surface area (Å²) in [5.74, 6) is -0.750. The maximum absolute atomic E-state index is 13.5. The molecule has 34 heavy (non-hydrogen) atoms. The van der Waals surface area contributed by atoms with Gasteiger partial charge in [0.15, 0.2) is 11.4 Å². The minimum atomic E-state index is -1.91. The lowest BCUT2D eigenvalue weighted by Gasteiger charge is -2.23. The van der Waals surface area contributed by atoms with Crippen molar-refractivity contribution < 1.29 is 14.7 Å². The molecule has 1 amide bonds. The molecule has 0 fully saturated rings. The van der Waals surface area contributed by atoms with Gasteiger partial charge >= 0.3 is 0 Å². The van der Waals surface area contributed by atoms with E-state index in [9.17, 15) is 14.7 Å². The molecule has 5 nitrogen and oxygen atoms in total. The van der Waals surface area contributed by atoms with Crippen LogP contribution in [0.25, 0.3) is 5.69 Å². The molecule has 0 saturated heterocycles. The number of hydrogen-bond donors (Lipinski definition) is 1. The molecule has 6 heteroatoms. The van der Waals surface area contributed by atoms with Crippen molar-refractivity contribution in [1.29, 1.82) is 0 Å². The minimum Gasteiger partial charge on any atom is -0.375 e. The van der Waals surface area contributed by atoms with Gasteiger partial charge in [-0.3, -0.25) is 9.59 Å². The summed E-state index contributed by atoms with van der Waals surface area (Å²) in [6.45, 7) is 0.416. The first-order chi connectivity index (χ1) is 16.5. The first-order valence-electron chi connectivity index (χ1n) is 11.1. The van der Waals surface area contributed by atoms with E-state index in [1.807, 2.05) is 83.7 Å². The van der Waals surface area contributed by atoms with Gasteiger partial charge in [0.05, 0.1) is 12.1 Å². The number of anilines is 1. The van der Waals surface area contributed by atoms with E-state index in [1.165, 1.54) is 0 Å². The minimum absolute atomic E-state index is 0.286. The Morgan fingerprint density at radius 2 is 1.62 bits per heavy atom. The SMILES string of the molecule is O=C(C[C@@]1(O)C(=O)N(CCc2ccccc2)c2ccc(Br)cc21)c1ccc(-n2cccc2)cc1. The Labute approximate surface area is 206 Å². The number of fused-ring (bicyclic) bond motifs is 1. The number of benzene rings is 3. The van der Waals surface area contributed by atoms with Crippen molar-refractivity contribution in [1.82, 2.24) is 4.57 Å². The van der Waals surface area contributed by atoms with Gasteiger partial charge in [-0.1, -0.05) is 46.3 Å². The molecule has 0 unspecified atom stereocenters. The average molecular weight is 515 g/mol. The first kappa shape index (κ1) is 22.3. The van der Waals surface area contributed by atoms with Crippen LogP contribution in [0.3, 0.4) is 0 Å². The summed E-state index contributed by atoms with van der Waals surface area (Å²) < 4.78 is 2.69. The van der Waals surface area contributed by atoms with Crippen LogP contribution < -0.4 is 4.90 Å². The highest BCUT2D eigenvalue weighted by Gasteiger charge is 2.50.